The molecule has 6 heteroatoms. The maximum Gasteiger partial charge on any atom is 0.250 e. The molecule has 0 aliphatic heterocycles. The largest absolute Gasteiger partial charge is 0.366 e. The van der Waals surface area contributed by atoms with E-state index in [1.54, 1.807) is 36.4 Å². The fourth-order valence-corrected chi connectivity index (χ4v) is 2.24. The van der Waals surface area contributed by atoms with Crippen molar-refractivity contribution < 1.29 is 9.59 Å². The monoisotopic (exact) mass is 331 g/mol. The minimum absolute atomic E-state index is 0.00981. The fraction of sp³-hybridized carbons (Fsp3) is 0.176. The van der Waals surface area contributed by atoms with Crippen LogP contribution in [0.15, 0.2) is 48.5 Å². The van der Waals surface area contributed by atoms with E-state index in [2.05, 4.69) is 10.6 Å². The molecule has 0 fully saturated rings. The molecular weight excluding hydrogens is 314 g/mol. The summed E-state index contributed by atoms with van der Waals surface area (Å²) in [5.41, 5.74) is 7.00. The number of nitrogens with two attached hydrogens (primary N) is 1. The molecule has 1 atom stereocenters. The maximum absolute atomic E-state index is 12.0. The summed E-state index contributed by atoms with van der Waals surface area (Å²) in [6.45, 7) is 2.06. The van der Waals surface area contributed by atoms with Gasteiger partial charge in [-0.05, 0) is 36.8 Å². The molecule has 0 saturated heterocycles. The van der Waals surface area contributed by atoms with E-state index in [4.69, 9.17) is 17.3 Å². The number of carbonyl (C=O) groups is 2. The number of anilines is 1. The molecule has 0 saturated carbocycles. The molecule has 0 radical (unpaired) electrons. The summed E-state index contributed by atoms with van der Waals surface area (Å²) in [4.78, 5) is 23.4. The average molecular weight is 332 g/mol. The molecule has 4 N–H and O–H groups in total. The van der Waals surface area contributed by atoms with Crippen LogP contribution in [-0.2, 0) is 4.79 Å². The third-order valence-corrected chi connectivity index (χ3v) is 3.66. The molecule has 23 heavy (non-hydrogen) atoms. The van der Waals surface area contributed by atoms with Gasteiger partial charge in [-0.15, -0.1) is 0 Å². The highest BCUT2D eigenvalue weighted by molar-refractivity contribution is 6.30. The van der Waals surface area contributed by atoms with Crippen molar-refractivity contribution in [3.63, 3.8) is 0 Å². The lowest BCUT2D eigenvalue weighted by Crippen LogP contribution is -2.30. The van der Waals surface area contributed by atoms with E-state index >= 15 is 0 Å². The molecule has 120 valence electrons. The Morgan fingerprint density at radius 2 is 1.78 bits per heavy atom. The van der Waals surface area contributed by atoms with Gasteiger partial charge in [-0.25, -0.2) is 0 Å². The van der Waals surface area contributed by atoms with Crippen LogP contribution in [0.1, 0.15) is 28.9 Å². The van der Waals surface area contributed by atoms with Gasteiger partial charge in [0.2, 0.25) is 5.91 Å². The van der Waals surface area contributed by atoms with Gasteiger partial charge in [0.15, 0.2) is 0 Å². The van der Waals surface area contributed by atoms with E-state index in [1.165, 1.54) is 0 Å². The lowest BCUT2D eigenvalue weighted by molar-refractivity contribution is -0.115. The number of amides is 2. The van der Waals surface area contributed by atoms with Crippen molar-refractivity contribution in [2.24, 2.45) is 5.73 Å². The molecule has 2 amide bonds. The van der Waals surface area contributed by atoms with Crippen molar-refractivity contribution in [1.82, 2.24) is 5.32 Å². The highest BCUT2D eigenvalue weighted by atomic mass is 35.5. The van der Waals surface area contributed by atoms with Crippen LogP contribution in [0, 0.1) is 0 Å². The van der Waals surface area contributed by atoms with Gasteiger partial charge >= 0.3 is 0 Å². The Morgan fingerprint density at radius 1 is 1.13 bits per heavy atom. The van der Waals surface area contributed by atoms with Gasteiger partial charge in [-0.2, -0.15) is 0 Å². The van der Waals surface area contributed by atoms with Gasteiger partial charge in [0.25, 0.3) is 5.91 Å². The molecule has 1 unspecified atom stereocenters. The normalized spacial score (nSPS) is 11.7. The summed E-state index contributed by atoms with van der Waals surface area (Å²) in [5.74, 6) is -0.831. The summed E-state index contributed by atoms with van der Waals surface area (Å²) in [6, 6.07) is 14.0. The Morgan fingerprint density at radius 3 is 2.43 bits per heavy atom. The zero-order chi connectivity index (χ0) is 16.8. The number of nitrogens with one attached hydrogen (secondary N) is 2. The highest BCUT2D eigenvalue weighted by Crippen LogP contribution is 2.16. The predicted molar refractivity (Wildman–Crippen MR) is 91.5 cm³/mol. The number of rotatable bonds is 6. The molecular formula is C17H18ClN3O2. The van der Waals surface area contributed by atoms with E-state index in [-0.39, 0.29) is 24.1 Å². The number of hydrogen-bond acceptors (Lipinski definition) is 3. The van der Waals surface area contributed by atoms with Gasteiger partial charge in [0, 0.05) is 11.1 Å². The van der Waals surface area contributed by atoms with E-state index in [0.29, 0.717) is 10.7 Å². The predicted octanol–water partition coefficient (Wildman–Crippen LogP) is 2.73. The second-order valence-electron chi connectivity index (χ2n) is 5.11. The number of para-hydroxylation sites is 1. The van der Waals surface area contributed by atoms with Crippen molar-refractivity contribution in [1.29, 1.82) is 0 Å². The van der Waals surface area contributed by atoms with Gasteiger partial charge in [0.05, 0.1) is 17.8 Å². The number of benzene rings is 2. The van der Waals surface area contributed by atoms with Crippen LogP contribution in [0.3, 0.4) is 0 Å². The average Bonchev–Trinajstić information content (AvgIpc) is 2.53. The Hall–Kier alpha value is -2.37. The van der Waals surface area contributed by atoms with E-state index in [9.17, 15) is 9.59 Å². The number of primary amides is 1. The second kappa shape index (κ2) is 7.76. The van der Waals surface area contributed by atoms with Crippen LogP contribution in [0.2, 0.25) is 5.02 Å². The Kier molecular flexibility index (Phi) is 5.73. The molecule has 0 heterocycles. The molecule has 0 spiro atoms. The van der Waals surface area contributed by atoms with Crippen molar-refractivity contribution in [2.45, 2.75) is 13.0 Å². The summed E-state index contributed by atoms with van der Waals surface area (Å²) in [6.07, 6.45) is 0. The molecule has 0 aliphatic carbocycles. The van der Waals surface area contributed by atoms with E-state index in [1.807, 2.05) is 19.1 Å². The summed E-state index contributed by atoms with van der Waals surface area (Å²) in [5, 5.41) is 6.47. The van der Waals surface area contributed by atoms with Crippen LogP contribution in [0.4, 0.5) is 5.69 Å². The van der Waals surface area contributed by atoms with Crippen LogP contribution < -0.4 is 16.4 Å². The molecule has 2 rings (SSSR count). The number of carbonyl (C=O) groups excluding carboxylic acids is 2. The quantitative estimate of drug-likeness (QED) is 0.761. The minimum Gasteiger partial charge on any atom is -0.366 e. The third kappa shape index (κ3) is 4.81. The first kappa shape index (κ1) is 17.0. The minimum atomic E-state index is -0.580. The lowest BCUT2D eigenvalue weighted by Gasteiger charge is -2.15. The molecule has 5 nitrogen and oxygen atoms in total. The third-order valence-electron chi connectivity index (χ3n) is 3.41. The van der Waals surface area contributed by atoms with Gasteiger partial charge < -0.3 is 16.4 Å². The first-order valence-electron chi connectivity index (χ1n) is 7.15. The topological polar surface area (TPSA) is 84.2 Å². The maximum atomic E-state index is 12.0. The number of hydrogen-bond donors (Lipinski definition) is 3. The molecule has 2 aromatic carbocycles. The molecule has 0 bridgehead atoms. The fourth-order valence-electron chi connectivity index (χ4n) is 2.12. The molecule has 2 aromatic rings. The smallest absolute Gasteiger partial charge is 0.250 e. The first-order chi connectivity index (χ1) is 11.0. The lowest BCUT2D eigenvalue weighted by atomic mass is 10.1. The summed E-state index contributed by atoms with van der Waals surface area (Å²) in [7, 11) is 0. The SMILES string of the molecule is CC(NCC(=O)Nc1ccccc1C(N)=O)c1ccc(Cl)cc1. The van der Waals surface area contributed by atoms with Crippen molar-refractivity contribution >= 4 is 29.1 Å². The van der Waals surface area contributed by atoms with Gasteiger partial charge in [-0.3, -0.25) is 9.59 Å². The van der Waals surface area contributed by atoms with Crippen LogP contribution >= 0.6 is 11.6 Å². The number of halogens is 1. The van der Waals surface area contributed by atoms with Gasteiger partial charge in [-0.1, -0.05) is 35.9 Å². The summed E-state index contributed by atoms with van der Waals surface area (Å²) < 4.78 is 0. The highest BCUT2D eigenvalue weighted by Gasteiger charge is 2.11. The van der Waals surface area contributed by atoms with Crippen molar-refractivity contribution in [3.8, 4) is 0 Å². The van der Waals surface area contributed by atoms with Crippen LogP contribution in [0.5, 0.6) is 0 Å². The van der Waals surface area contributed by atoms with Gasteiger partial charge in [0.1, 0.15) is 0 Å². The van der Waals surface area contributed by atoms with E-state index < -0.39 is 5.91 Å². The van der Waals surface area contributed by atoms with Crippen molar-refractivity contribution in [2.75, 3.05) is 11.9 Å². The summed E-state index contributed by atoms with van der Waals surface area (Å²) >= 11 is 5.85. The van der Waals surface area contributed by atoms with Crippen LogP contribution in [0.25, 0.3) is 0 Å². The zero-order valence-corrected chi connectivity index (χ0v) is 13.4. The Labute approximate surface area is 139 Å². The Balaban J connectivity index is 1.93. The molecule has 0 aromatic heterocycles. The molecule has 0 aliphatic rings. The second-order valence-corrected chi connectivity index (χ2v) is 5.55. The first-order valence-corrected chi connectivity index (χ1v) is 7.52. The standard InChI is InChI=1S/C17H18ClN3O2/c1-11(12-6-8-13(18)9-7-12)20-10-16(22)21-15-5-3-2-4-14(15)17(19)23/h2-9,11,20H,10H2,1H3,(H2,19,23)(H,21,22). The van der Waals surface area contributed by atoms with E-state index in [0.717, 1.165) is 5.56 Å². The Bertz CT molecular complexity index is 701. The van der Waals surface area contributed by atoms with Crippen molar-refractivity contribution in [3.05, 3.63) is 64.7 Å². The zero-order valence-electron chi connectivity index (χ0n) is 12.7. The van der Waals surface area contributed by atoms with Crippen LogP contribution in [-0.4, -0.2) is 18.4 Å².